The Morgan fingerprint density at radius 1 is 1.26 bits per heavy atom. The van der Waals surface area contributed by atoms with Gasteiger partial charge < -0.3 is 11.1 Å². The lowest BCUT2D eigenvalue weighted by Gasteiger charge is -2.25. The van der Waals surface area contributed by atoms with Crippen LogP contribution in [0.3, 0.4) is 0 Å². The molecule has 3 N–H and O–H groups in total. The summed E-state index contributed by atoms with van der Waals surface area (Å²) in [6, 6.07) is 9.04. The van der Waals surface area contributed by atoms with Crippen LogP contribution in [0, 0.1) is 5.92 Å². The van der Waals surface area contributed by atoms with Gasteiger partial charge in [0.05, 0.1) is 0 Å². The summed E-state index contributed by atoms with van der Waals surface area (Å²) in [6.07, 6.45) is 6.00. The molecule has 0 radical (unpaired) electrons. The SMILES string of the molecule is CC(C)c1ccc(CCCNC(=O)C2CCCC(N)C2)cc1.Cl. The Morgan fingerprint density at radius 2 is 1.96 bits per heavy atom. The maximum Gasteiger partial charge on any atom is 0.223 e. The first kappa shape index (κ1) is 20.0. The third-order valence-corrected chi connectivity index (χ3v) is 4.67. The summed E-state index contributed by atoms with van der Waals surface area (Å²) >= 11 is 0. The van der Waals surface area contributed by atoms with Gasteiger partial charge in [-0.1, -0.05) is 44.5 Å². The molecule has 1 fully saturated rings. The molecule has 1 aromatic carbocycles. The highest BCUT2D eigenvalue weighted by Crippen LogP contribution is 2.23. The highest BCUT2D eigenvalue weighted by molar-refractivity contribution is 5.85. The number of hydrogen-bond donors (Lipinski definition) is 2. The summed E-state index contributed by atoms with van der Waals surface area (Å²) in [5, 5.41) is 3.08. The molecule has 1 aliphatic rings. The zero-order chi connectivity index (χ0) is 15.9. The lowest BCUT2D eigenvalue weighted by molar-refractivity contribution is -0.126. The quantitative estimate of drug-likeness (QED) is 0.775. The van der Waals surface area contributed by atoms with Crippen molar-refractivity contribution in [3.8, 4) is 0 Å². The number of amides is 1. The number of hydrogen-bond acceptors (Lipinski definition) is 2. The predicted molar refractivity (Wildman–Crippen MR) is 99.0 cm³/mol. The molecule has 0 spiro atoms. The highest BCUT2D eigenvalue weighted by atomic mass is 35.5. The van der Waals surface area contributed by atoms with E-state index in [2.05, 4.69) is 43.4 Å². The van der Waals surface area contributed by atoms with E-state index >= 15 is 0 Å². The smallest absolute Gasteiger partial charge is 0.223 e. The van der Waals surface area contributed by atoms with E-state index in [-0.39, 0.29) is 30.3 Å². The third-order valence-electron chi connectivity index (χ3n) is 4.67. The first-order chi connectivity index (χ1) is 10.6. The average molecular weight is 339 g/mol. The minimum atomic E-state index is 0. The minimum Gasteiger partial charge on any atom is -0.356 e. The van der Waals surface area contributed by atoms with Crippen molar-refractivity contribution < 1.29 is 4.79 Å². The third kappa shape index (κ3) is 6.52. The molecule has 1 aliphatic carbocycles. The summed E-state index contributed by atoms with van der Waals surface area (Å²) in [4.78, 5) is 12.1. The van der Waals surface area contributed by atoms with Crippen molar-refractivity contribution in [3.63, 3.8) is 0 Å². The number of halogens is 1. The summed E-state index contributed by atoms with van der Waals surface area (Å²) in [5.74, 6) is 0.912. The molecule has 2 atom stereocenters. The average Bonchev–Trinajstić information content (AvgIpc) is 2.51. The molecule has 1 saturated carbocycles. The lowest BCUT2D eigenvalue weighted by Crippen LogP contribution is -2.38. The molecule has 0 bridgehead atoms. The maximum absolute atomic E-state index is 12.1. The summed E-state index contributed by atoms with van der Waals surface area (Å²) in [7, 11) is 0. The van der Waals surface area contributed by atoms with E-state index in [0.29, 0.717) is 5.92 Å². The number of aryl methyl sites for hydroxylation is 1. The Morgan fingerprint density at radius 3 is 2.57 bits per heavy atom. The summed E-state index contributed by atoms with van der Waals surface area (Å²) in [5.41, 5.74) is 8.67. The second-order valence-corrected chi connectivity index (χ2v) is 6.91. The van der Waals surface area contributed by atoms with Crippen LogP contribution in [-0.2, 0) is 11.2 Å². The van der Waals surface area contributed by atoms with Crippen LogP contribution in [0.4, 0.5) is 0 Å². The van der Waals surface area contributed by atoms with Crippen molar-refractivity contribution >= 4 is 18.3 Å². The predicted octanol–water partition coefficient (Wildman–Crippen LogP) is 3.80. The van der Waals surface area contributed by atoms with Crippen molar-refractivity contribution in [3.05, 3.63) is 35.4 Å². The Kier molecular flexibility index (Phi) is 8.64. The Hall–Kier alpha value is -1.06. The molecule has 0 aromatic heterocycles. The molecule has 1 amide bonds. The first-order valence-electron chi connectivity index (χ1n) is 8.68. The van der Waals surface area contributed by atoms with Gasteiger partial charge in [0, 0.05) is 18.5 Å². The van der Waals surface area contributed by atoms with Crippen molar-refractivity contribution in [2.45, 2.75) is 64.3 Å². The van der Waals surface area contributed by atoms with Gasteiger partial charge in [0.25, 0.3) is 0 Å². The van der Waals surface area contributed by atoms with Crippen molar-refractivity contribution in [1.29, 1.82) is 0 Å². The van der Waals surface area contributed by atoms with E-state index in [1.165, 1.54) is 11.1 Å². The molecule has 0 saturated heterocycles. The van der Waals surface area contributed by atoms with Gasteiger partial charge in [0.15, 0.2) is 0 Å². The van der Waals surface area contributed by atoms with Gasteiger partial charge in [0.1, 0.15) is 0 Å². The van der Waals surface area contributed by atoms with E-state index in [1.54, 1.807) is 0 Å². The fraction of sp³-hybridized carbons (Fsp3) is 0.632. The zero-order valence-corrected chi connectivity index (χ0v) is 15.2. The molecule has 3 nitrogen and oxygen atoms in total. The van der Waals surface area contributed by atoms with Crippen LogP contribution in [0.2, 0.25) is 0 Å². The number of carbonyl (C=O) groups excluding carboxylic acids is 1. The van der Waals surface area contributed by atoms with Gasteiger partial charge in [-0.2, -0.15) is 0 Å². The molecule has 23 heavy (non-hydrogen) atoms. The van der Waals surface area contributed by atoms with Crippen molar-refractivity contribution in [1.82, 2.24) is 5.32 Å². The number of carbonyl (C=O) groups is 1. The maximum atomic E-state index is 12.1. The topological polar surface area (TPSA) is 55.1 Å². The van der Waals surface area contributed by atoms with Gasteiger partial charge >= 0.3 is 0 Å². The zero-order valence-electron chi connectivity index (χ0n) is 14.4. The van der Waals surface area contributed by atoms with E-state index in [0.717, 1.165) is 45.1 Å². The van der Waals surface area contributed by atoms with Crippen LogP contribution in [0.25, 0.3) is 0 Å². The van der Waals surface area contributed by atoms with Gasteiger partial charge in [0.2, 0.25) is 5.91 Å². The van der Waals surface area contributed by atoms with E-state index in [9.17, 15) is 4.79 Å². The van der Waals surface area contributed by atoms with Gasteiger partial charge in [-0.05, 0) is 49.1 Å². The number of rotatable bonds is 6. The molecule has 2 unspecified atom stereocenters. The Labute approximate surface area is 146 Å². The number of benzene rings is 1. The molecule has 0 aliphatic heterocycles. The normalized spacial score (nSPS) is 20.9. The molecule has 2 rings (SSSR count). The Balaban J connectivity index is 0.00000264. The summed E-state index contributed by atoms with van der Waals surface area (Å²) in [6.45, 7) is 5.18. The van der Waals surface area contributed by atoms with Crippen LogP contribution in [0.15, 0.2) is 24.3 Å². The van der Waals surface area contributed by atoms with Crippen LogP contribution in [-0.4, -0.2) is 18.5 Å². The molecular formula is C19H31ClN2O. The molecular weight excluding hydrogens is 308 g/mol. The number of nitrogens with one attached hydrogen (secondary N) is 1. The second-order valence-electron chi connectivity index (χ2n) is 6.91. The monoisotopic (exact) mass is 338 g/mol. The molecule has 1 aromatic rings. The highest BCUT2D eigenvalue weighted by Gasteiger charge is 2.24. The van der Waals surface area contributed by atoms with E-state index < -0.39 is 0 Å². The van der Waals surface area contributed by atoms with Gasteiger partial charge in [-0.15, -0.1) is 12.4 Å². The van der Waals surface area contributed by atoms with Crippen LogP contribution in [0.1, 0.15) is 63.0 Å². The first-order valence-corrected chi connectivity index (χ1v) is 8.68. The van der Waals surface area contributed by atoms with Crippen LogP contribution in [0.5, 0.6) is 0 Å². The molecule has 130 valence electrons. The Bertz CT molecular complexity index is 473. The molecule has 4 heteroatoms. The lowest BCUT2D eigenvalue weighted by atomic mass is 9.85. The largest absolute Gasteiger partial charge is 0.356 e. The number of nitrogens with two attached hydrogens (primary N) is 1. The fourth-order valence-corrected chi connectivity index (χ4v) is 3.18. The van der Waals surface area contributed by atoms with E-state index in [1.807, 2.05) is 0 Å². The van der Waals surface area contributed by atoms with Crippen LogP contribution < -0.4 is 11.1 Å². The fourth-order valence-electron chi connectivity index (χ4n) is 3.18. The second kappa shape index (κ2) is 9.94. The van der Waals surface area contributed by atoms with Gasteiger partial charge in [-0.25, -0.2) is 0 Å². The van der Waals surface area contributed by atoms with Crippen molar-refractivity contribution in [2.75, 3.05) is 6.54 Å². The van der Waals surface area contributed by atoms with Gasteiger partial charge in [-0.3, -0.25) is 4.79 Å². The van der Waals surface area contributed by atoms with E-state index in [4.69, 9.17) is 5.73 Å². The molecule has 0 heterocycles. The van der Waals surface area contributed by atoms with Crippen molar-refractivity contribution in [2.24, 2.45) is 11.7 Å². The standard InChI is InChI=1S/C19H30N2O.ClH/c1-14(2)16-10-8-15(9-11-16)5-4-12-21-19(22)17-6-3-7-18(20)13-17;/h8-11,14,17-18H,3-7,12-13,20H2,1-2H3,(H,21,22);1H. The summed E-state index contributed by atoms with van der Waals surface area (Å²) < 4.78 is 0. The minimum absolute atomic E-state index is 0. The van der Waals surface area contributed by atoms with Crippen LogP contribution >= 0.6 is 12.4 Å².